The zero-order valence-corrected chi connectivity index (χ0v) is 10.8. The van der Waals surface area contributed by atoms with Crippen molar-refractivity contribution in [3.63, 3.8) is 0 Å². The molecule has 0 amide bonds. The van der Waals surface area contributed by atoms with Crippen molar-refractivity contribution in [3.8, 4) is 0 Å². The molecule has 1 aromatic rings. The van der Waals surface area contributed by atoms with Crippen molar-refractivity contribution in [1.29, 1.82) is 0 Å². The Bertz CT molecular complexity index is 408. The number of ether oxygens (including phenoxy) is 1. The normalized spacial score (nSPS) is 17.8. The van der Waals surface area contributed by atoms with Gasteiger partial charge in [-0.15, -0.1) is 12.4 Å². The van der Waals surface area contributed by atoms with E-state index in [1.54, 1.807) is 12.1 Å². The van der Waals surface area contributed by atoms with Crippen molar-refractivity contribution in [2.45, 2.75) is 18.9 Å². The summed E-state index contributed by atoms with van der Waals surface area (Å²) in [5.74, 6) is 0.353. The first kappa shape index (κ1) is 14.9. The van der Waals surface area contributed by atoms with Crippen LogP contribution in [-0.2, 0) is 4.74 Å². The molecule has 1 heterocycles. The smallest absolute Gasteiger partial charge is 0.269 e. The molecule has 1 aliphatic rings. The fourth-order valence-electron chi connectivity index (χ4n) is 2.19. The predicted molar refractivity (Wildman–Crippen MR) is 70.8 cm³/mol. The fraction of sp³-hybridized carbons (Fsp3) is 0.500. The third kappa shape index (κ3) is 3.41. The van der Waals surface area contributed by atoms with Gasteiger partial charge in [-0.3, -0.25) is 10.1 Å². The molecule has 18 heavy (non-hydrogen) atoms. The van der Waals surface area contributed by atoms with Gasteiger partial charge in [-0.1, -0.05) is 12.1 Å². The maximum Gasteiger partial charge on any atom is 0.269 e. The van der Waals surface area contributed by atoms with Crippen LogP contribution in [-0.4, -0.2) is 18.1 Å². The fourth-order valence-corrected chi connectivity index (χ4v) is 2.19. The monoisotopic (exact) mass is 272 g/mol. The summed E-state index contributed by atoms with van der Waals surface area (Å²) in [6, 6.07) is 6.46. The summed E-state index contributed by atoms with van der Waals surface area (Å²) in [5.41, 5.74) is 7.10. The van der Waals surface area contributed by atoms with Crippen LogP contribution in [0.25, 0.3) is 0 Å². The summed E-state index contributed by atoms with van der Waals surface area (Å²) in [7, 11) is 0. The molecule has 1 fully saturated rings. The Morgan fingerprint density at radius 2 is 2.06 bits per heavy atom. The van der Waals surface area contributed by atoms with Crippen LogP contribution in [0.1, 0.15) is 24.4 Å². The Morgan fingerprint density at radius 1 is 1.39 bits per heavy atom. The number of nitro benzene ring substituents is 1. The van der Waals surface area contributed by atoms with Crippen molar-refractivity contribution in [2.24, 2.45) is 11.7 Å². The van der Waals surface area contributed by atoms with Gasteiger partial charge < -0.3 is 10.5 Å². The lowest BCUT2D eigenvalue weighted by atomic mass is 9.88. The molecule has 0 aromatic heterocycles. The number of nitro groups is 1. The van der Waals surface area contributed by atoms with E-state index < -0.39 is 0 Å². The standard InChI is InChI=1S/C12H16N2O3.ClH/c13-12(9-4-6-17-7-5-9)10-2-1-3-11(8-10)14(15)16;/h1-3,8-9,12H,4-7,13H2;1H/t12-;/m1./s1. The van der Waals surface area contributed by atoms with Gasteiger partial charge in [0.1, 0.15) is 0 Å². The summed E-state index contributed by atoms with van der Waals surface area (Å²) in [6.07, 6.45) is 1.84. The summed E-state index contributed by atoms with van der Waals surface area (Å²) < 4.78 is 5.28. The SMILES string of the molecule is Cl.N[C@@H](c1cccc([N+](=O)[O-])c1)C1CCOCC1. The molecule has 0 saturated carbocycles. The molecule has 1 atom stereocenters. The number of halogens is 1. The first-order chi connectivity index (χ1) is 8.18. The molecule has 0 unspecified atom stereocenters. The van der Waals surface area contributed by atoms with E-state index in [1.807, 2.05) is 6.07 Å². The number of nitrogens with two attached hydrogens (primary N) is 1. The van der Waals surface area contributed by atoms with Gasteiger partial charge in [-0.05, 0) is 24.3 Å². The van der Waals surface area contributed by atoms with E-state index in [1.165, 1.54) is 6.07 Å². The summed E-state index contributed by atoms with van der Waals surface area (Å²) in [5, 5.41) is 10.7. The van der Waals surface area contributed by atoms with Crippen molar-refractivity contribution >= 4 is 18.1 Å². The van der Waals surface area contributed by atoms with Gasteiger partial charge in [0.15, 0.2) is 0 Å². The summed E-state index contributed by atoms with van der Waals surface area (Å²) in [6.45, 7) is 1.46. The van der Waals surface area contributed by atoms with Crippen molar-refractivity contribution < 1.29 is 9.66 Å². The lowest BCUT2D eigenvalue weighted by molar-refractivity contribution is -0.384. The van der Waals surface area contributed by atoms with Crippen LogP contribution >= 0.6 is 12.4 Å². The second-order valence-corrected chi connectivity index (χ2v) is 4.33. The molecule has 0 radical (unpaired) electrons. The van der Waals surface area contributed by atoms with E-state index >= 15 is 0 Å². The Balaban J connectivity index is 0.00000162. The van der Waals surface area contributed by atoms with Crippen LogP contribution < -0.4 is 5.73 Å². The van der Waals surface area contributed by atoms with Gasteiger partial charge in [0.05, 0.1) is 4.92 Å². The Hall–Kier alpha value is -1.17. The summed E-state index contributed by atoms with van der Waals surface area (Å²) in [4.78, 5) is 10.3. The topological polar surface area (TPSA) is 78.4 Å². The minimum absolute atomic E-state index is 0. The second kappa shape index (κ2) is 6.68. The third-order valence-electron chi connectivity index (χ3n) is 3.24. The average molecular weight is 273 g/mol. The highest BCUT2D eigenvalue weighted by atomic mass is 35.5. The lowest BCUT2D eigenvalue weighted by Gasteiger charge is -2.27. The minimum atomic E-state index is -0.389. The molecule has 1 aromatic carbocycles. The van der Waals surface area contributed by atoms with Crippen LogP contribution in [0.15, 0.2) is 24.3 Å². The van der Waals surface area contributed by atoms with E-state index in [0.29, 0.717) is 5.92 Å². The number of hydrogen-bond acceptors (Lipinski definition) is 4. The highest BCUT2D eigenvalue weighted by Gasteiger charge is 2.23. The Morgan fingerprint density at radius 3 is 2.67 bits per heavy atom. The average Bonchev–Trinajstić information content (AvgIpc) is 2.39. The molecule has 0 bridgehead atoms. The predicted octanol–water partition coefficient (Wildman–Crippen LogP) is 2.44. The first-order valence-corrected chi connectivity index (χ1v) is 5.76. The quantitative estimate of drug-likeness (QED) is 0.677. The summed E-state index contributed by atoms with van der Waals surface area (Å²) >= 11 is 0. The Kier molecular flexibility index (Phi) is 5.53. The van der Waals surface area contributed by atoms with E-state index in [0.717, 1.165) is 31.6 Å². The molecule has 1 saturated heterocycles. The van der Waals surface area contributed by atoms with Gasteiger partial charge in [0.25, 0.3) is 5.69 Å². The van der Waals surface area contributed by atoms with Crippen LogP contribution in [0, 0.1) is 16.0 Å². The van der Waals surface area contributed by atoms with Crippen molar-refractivity contribution in [3.05, 3.63) is 39.9 Å². The highest BCUT2D eigenvalue weighted by Crippen LogP contribution is 2.29. The maximum absolute atomic E-state index is 10.7. The number of non-ortho nitro benzene ring substituents is 1. The molecule has 0 aliphatic carbocycles. The molecular weight excluding hydrogens is 256 g/mol. The highest BCUT2D eigenvalue weighted by molar-refractivity contribution is 5.85. The van der Waals surface area contributed by atoms with E-state index in [-0.39, 0.29) is 29.1 Å². The zero-order chi connectivity index (χ0) is 12.3. The Labute approximate surface area is 112 Å². The molecule has 100 valence electrons. The van der Waals surface area contributed by atoms with Gasteiger partial charge in [-0.2, -0.15) is 0 Å². The number of nitrogens with zero attached hydrogens (tertiary/aromatic N) is 1. The van der Waals surface area contributed by atoms with Crippen LogP contribution in [0.4, 0.5) is 5.69 Å². The molecule has 1 aliphatic heterocycles. The molecule has 6 heteroatoms. The van der Waals surface area contributed by atoms with Crippen LogP contribution in [0.3, 0.4) is 0 Å². The third-order valence-corrected chi connectivity index (χ3v) is 3.24. The minimum Gasteiger partial charge on any atom is -0.381 e. The molecule has 5 nitrogen and oxygen atoms in total. The molecule has 2 N–H and O–H groups in total. The van der Waals surface area contributed by atoms with E-state index in [2.05, 4.69) is 0 Å². The maximum atomic E-state index is 10.7. The van der Waals surface area contributed by atoms with E-state index in [9.17, 15) is 10.1 Å². The molecule has 2 rings (SSSR count). The van der Waals surface area contributed by atoms with E-state index in [4.69, 9.17) is 10.5 Å². The van der Waals surface area contributed by atoms with Gasteiger partial charge in [0, 0.05) is 31.4 Å². The van der Waals surface area contributed by atoms with Gasteiger partial charge in [-0.25, -0.2) is 0 Å². The second-order valence-electron chi connectivity index (χ2n) is 4.33. The first-order valence-electron chi connectivity index (χ1n) is 5.76. The molecule has 0 spiro atoms. The number of hydrogen-bond donors (Lipinski definition) is 1. The van der Waals surface area contributed by atoms with Crippen molar-refractivity contribution in [1.82, 2.24) is 0 Å². The lowest BCUT2D eigenvalue weighted by Crippen LogP contribution is -2.27. The van der Waals surface area contributed by atoms with Gasteiger partial charge >= 0.3 is 0 Å². The number of benzene rings is 1. The van der Waals surface area contributed by atoms with Crippen LogP contribution in [0.5, 0.6) is 0 Å². The van der Waals surface area contributed by atoms with Crippen LogP contribution in [0.2, 0.25) is 0 Å². The number of rotatable bonds is 3. The zero-order valence-electron chi connectivity index (χ0n) is 9.95. The molecular formula is C12H17ClN2O3. The van der Waals surface area contributed by atoms with Gasteiger partial charge in [0.2, 0.25) is 0 Å². The largest absolute Gasteiger partial charge is 0.381 e. The van der Waals surface area contributed by atoms with Crippen molar-refractivity contribution in [2.75, 3.05) is 13.2 Å².